The monoisotopic (exact) mass is 711 g/mol. The first kappa shape index (κ1) is 17.2. The minimum Gasteiger partial charge on any atom is -0.254 e. The first-order valence-electron chi connectivity index (χ1n) is 25.9. The molecule has 0 unspecified atom stereocenters. The summed E-state index contributed by atoms with van der Waals surface area (Å²) >= 11 is 0.514. The number of hydrogen-bond donors (Lipinski definition) is 0. The highest BCUT2D eigenvalue weighted by Crippen LogP contribution is 2.52. The highest BCUT2D eigenvalue weighted by Gasteiger charge is 2.23. The van der Waals surface area contributed by atoms with E-state index in [0.717, 1.165) is 10.8 Å². The van der Waals surface area contributed by atoms with Gasteiger partial charge >= 0.3 is 0 Å². The Labute approximate surface area is 339 Å². The van der Waals surface area contributed by atoms with E-state index in [-0.39, 0.29) is 16.0 Å². The van der Waals surface area contributed by atoms with E-state index in [2.05, 4.69) is 4.98 Å². The first-order chi connectivity index (χ1) is 34.2. The molecule has 0 radical (unpaired) electrons. The van der Waals surface area contributed by atoms with Crippen LogP contribution in [-0.2, 0) is 0 Å². The van der Waals surface area contributed by atoms with E-state index in [9.17, 15) is 11.0 Å². The van der Waals surface area contributed by atoms with Crippen molar-refractivity contribution in [1.29, 1.82) is 0 Å². The van der Waals surface area contributed by atoms with Crippen molar-refractivity contribution in [2.45, 2.75) is 0 Å². The van der Waals surface area contributed by atoms with Gasteiger partial charge < -0.3 is 0 Å². The summed E-state index contributed by atoms with van der Waals surface area (Å²) < 4.78 is 171. The molecule has 0 aliphatic carbocycles. The molecule has 2 nitrogen and oxygen atoms in total. The lowest BCUT2D eigenvalue weighted by Crippen LogP contribution is -1.91. The van der Waals surface area contributed by atoms with Gasteiger partial charge in [0.25, 0.3) is 0 Å². The van der Waals surface area contributed by atoms with Crippen LogP contribution in [0, 0.1) is 0 Å². The summed E-state index contributed by atoms with van der Waals surface area (Å²) in [5.74, 6) is 0. The van der Waals surface area contributed by atoms with E-state index in [1.807, 2.05) is 42.5 Å². The fourth-order valence-corrected chi connectivity index (χ4v) is 7.80. The Morgan fingerprint density at radius 2 is 0.981 bits per heavy atom. The smallest absolute Gasteiger partial charge is 0.0972 e. The summed E-state index contributed by atoms with van der Waals surface area (Å²) in [6, 6.07) is 6.71. The van der Waals surface area contributed by atoms with E-state index in [4.69, 9.17) is 20.1 Å². The molecule has 0 bridgehead atoms. The SMILES string of the molecule is [2H]c1c([2H])c([2H])c(-c2sc(-c3c([2H])c([2H])c([2H])c(-c4ccc(-c5ccc6ccc7cccnc7c6n5)c5ccccc45)c3[2H])c(-c3c([2H])c([2H])c([2H])c([2H])c3[2H])c2-c2c([2H])c([2H])c([2H])c([2H])c2[2H])c([2H])c1[2H]. The van der Waals surface area contributed by atoms with Gasteiger partial charge in [0.05, 0.1) is 42.8 Å². The molecule has 0 fully saturated rings. The predicted octanol–water partition coefficient (Wildman–Crippen LogP) is 14.0. The van der Waals surface area contributed by atoms with E-state index in [0.29, 0.717) is 44.4 Å². The van der Waals surface area contributed by atoms with Crippen LogP contribution in [0.15, 0.2) is 194 Å². The van der Waals surface area contributed by atoms with Crippen LogP contribution in [0.25, 0.3) is 98.1 Å². The van der Waals surface area contributed by atoms with Crippen molar-refractivity contribution >= 4 is 43.9 Å². The quantitative estimate of drug-likeness (QED) is 0.161. The third-order valence-electron chi connectivity index (χ3n) is 8.89. The minimum absolute atomic E-state index is 0.176. The molecule has 53 heavy (non-hydrogen) atoms. The topological polar surface area (TPSA) is 25.8 Å². The van der Waals surface area contributed by atoms with Crippen LogP contribution in [-0.4, -0.2) is 9.97 Å². The van der Waals surface area contributed by atoms with Crippen LogP contribution in [0.1, 0.15) is 26.0 Å². The van der Waals surface area contributed by atoms with E-state index < -0.39 is 153 Å². The molecule has 0 atom stereocenters. The molecule has 0 saturated carbocycles. The zero-order valence-corrected chi connectivity index (χ0v) is 28.1. The molecule has 0 aliphatic rings. The average Bonchev–Trinajstić information content (AvgIpc) is 3.74. The van der Waals surface area contributed by atoms with Crippen LogP contribution >= 0.6 is 11.3 Å². The molecule has 0 spiro atoms. The van der Waals surface area contributed by atoms with Crippen molar-refractivity contribution in [3.05, 3.63) is 194 Å². The molecule has 3 aromatic heterocycles. The number of benzene rings is 7. The predicted molar refractivity (Wildman–Crippen MR) is 225 cm³/mol. The van der Waals surface area contributed by atoms with Gasteiger partial charge in [-0.05, 0) is 62.3 Å². The largest absolute Gasteiger partial charge is 0.254 e. The second-order valence-electron chi connectivity index (χ2n) is 11.9. The maximum absolute atomic E-state index is 10.0. The van der Waals surface area contributed by atoms with Crippen LogP contribution in [0.3, 0.4) is 0 Å². The molecule has 3 heteroatoms. The molecule has 3 heterocycles. The molecular formula is C50H32N2S. The summed E-state index contributed by atoms with van der Waals surface area (Å²) in [5.41, 5.74) is -0.681. The lowest BCUT2D eigenvalue weighted by atomic mass is 9.90. The molecule has 248 valence electrons. The lowest BCUT2D eigenvalue weighted by molar-refractivity contribution is 1.37. The number of nitrogens with zero attached hydrogens (tertiary/aromatic N) is 2. The van der Waals surface area contributed by atoms with Crippen molar-refractivity contribution < 1.29 is 26.0 Å². The number of rotatable bonds is 6. The van der Waals surface area contributed by atoms with Crippen LogP contribution in [0.5, 0.6) is 0 Å². The zero-order chi connectivity index (χ0) is 51.7. The molecule has 7 aromatic carbocycles. The average molecular weight is 712 g/mol. The van der Waals surface area contributed by atoms with E-state index >= 15 is 0 Å². The highest BCUT2D eigenvalue weighted by molar-refractivity contribution is 7.20. The number of pyridine rings is 2. The standard InChI is InChI=1S/C50H32N2S/c1-4-14-33(15-5-1)45-46(34-16-6-2-7-17-34)50(53-49(45)37-18-8-3-9-19-37)39-21-12-20-38(32-39)40-28-29-43(42-24-11-10-23-41(40)42)44-30-27-36-26-25-35-22-13-31-51-47(35)48(36)52-44/h1-32H/i1D,2D,3D,4D,5D,6D,7D,8D,9D,12D,14D,15D,16D,17D,18D,19D,20D,21D,32D. The number of fused-ring (bicyclic) bond motifs is 4. The number of aromatic nitrogens is 2. The molecule has 0 aliphatic heterocycles. The lowest BCUT2D eigenvalue weighted by Gasteiger charge is -2.14. The van der Waals surface area contributed by atoms with Gasteiger partial charge in [-0.2, -0.15) is 0 Å². The fraction of sp³-hybridized carbons (Fsp3) is 0. The number of thiophene rings is 1. The van der Waals surface area contributed by atoms with Crippen molar-refractivity contribution in [3.63, 3.8) is 0 Å². The van der Waals surface area contributed by atoms with E-state index in [1.54, 1.807) is 36.5 Å². The Hall–Kier alpha value is -6.68. The van der Waals surface area contributed by atoms with Crippen molar-refractivity contribution in [2.75, 3.05) is 0 Å². The minimum atomic E-state index is -0.870. The normalized spacial score (nSPS) is 16.4. The van der Waals surface area contributed by atoms with Gasteiger partial charge in [-0.1, -0.05) is 169 Å². The molecule has 10 rings (SSSR count). The van der Waals surface area contributed by atoms with Gasteiger partial charge in [-0.15, -0.1) is 11.3 Å². The molecule has 0 saturated heterocycles. The first-order valence-corrected chi connectivity index (χ1v) is 17.2. The van der Waals surface area contributed by atoms with Crippen molar-refractivity contribution in [1.82, 2.24) is 9.97 Å². The number of hydrogen-bond acceptors (Lipinski definition) is 3. The van der Waals surface area contributed by atoms with Gasteiger partial charge in [0.2, 0.25) is 0 Å². The Kier molecular flexibility index (Phi) is 4.27. The summed E-state index contributed by atoms with van der Waals surface area (Å²) in [7, 11) is 0. The summed E-state index contributed by atoms with van der Waals surface area (Å²) in [4.78, 5) is 8.88. The summed E-state index contributed by atoms with van der Waals surface area (Å²) in [5, 5.41) is 2.87. The van der Waals surface area contributed by atoms with Gasteiger partial charge in [0.1, 0.15) is 0 Å². The van der Waals surface area contributed by atoms with Gasteiger partial charge in [0, 0.05) is 43.4 Å². The van der Waals surface area contributed by atoms with Crippen molar-refractivity contribution in [3.8, 4) is 65.5 Å². The van der Waals surface area contributed by atoms with Gasteiger partial charge in [-0.3, -0.25) is 4.98 Å². The molecule has 10 aromatic rings. The van der Waals surface area contributed by atoms with E-state index in [1.165, 1.54) is 0 Å². The fourth-order valence-electron chi connectivity index (χ4n) is 6.58. The highest BCUT2D eigenvalue weighted by atomic mass is 32.1. The molecule has 0 amide bonds. The second-order valence-corrected chi connectivity index (χ2v) is 12.9. The second kappa shape index (κ2) is 13.1. The van der Waals surface area contributed by atoms with Crippen LogP contribution < -0.4 is 0 Å². The Balaban J connectivity index is 1.36. The summed E-state index contributed by atoms with van der Waals surface area (Å²) in [6.07, 6.45) is 1.69. The maximum atomic E-state index is 10.0. The zero-order valence-electron chi connectivity index (χ0n) is 46.3. The van der Waals surface area contributed by atoms with Crippen LogP contribution in [0.2, 0.25) is 0 Å². The maximum Gasteiger partial charge on any atom is 0.0972 e. The van der Waals surface area contributed by atoms with Gasteiger partial charge in [-0.25, -0.2) is 4.98 Å². The van der Waals surface area contributed by atoms with Gasteiger partial charge in [0.15, 0.2) is 0 Å². The van der Waals surface area contributed by atoms with Crippen molar-refractivity contribution in [2.24, 2.45) is 0 Å². The van der Waals surface area contributed by atoms with Crippen LogP contribution in [0.4, 0.5) is 0 Å². The third-order valence-corrected chi connectivity index (χ3v) is 10.1. The molecule has 0 N–H and O–H groups in total. The summed E-state index contributed by atoms with van der Waals surface area (Å²) in [6.45, 7) is 0. The molecular weight excluding hydrogens is 661 g/mol. The third kappa shape index (κ3) is 5.50. The Morgan fingerprint density at radius 1 is 0.434 bits per heavy atom. The Morgan fingerprint density at radius 3 is 1.68 bits per heavy atom. The Bertz CT molecular complexity index is 3970.